The number of hydrogen-bond acceptors (Lipinski definition) is 5. The van der Waals surface area contributed by atoms with E-state index in [0.29, 0.717) is 17.1 Å². The number of hydrogen-bond donors (Lipinski definition) is 2. The lowest BCUT2D eigenvalue weighted by molar-refractivity contribution is -0.384. The van der Waals surface area contributed by atoms with Crippen molar-refractivity contribution in [2.45, 2.75) is 38.1 Å². The first-order valence-corrected chi connectivity index (χ1v) is 9.07. The number of methoxy groups -OCH3 is 1. The smallest absolute Gasteiger partial charge is 0.293 e. The number of anilines is 2. The van der Waals surface area contributed by atoms with Crippen molar-refractivity contribution >= 4 is 23.0 Å². The first-order valence-electron chi connectivity index (χ1n) is 9.07. The van der Waals surface area contributed by atoms with Crippen LogP contribution in [-0.2, 0) is 0 Å². The molecule has 2 aromatic carbocycles. The van der Waals surface area contributed by atoms with Crippen molar-refractivity contribution in [2.24, 2.45) is 0 Å². The molecular formula is C20H23N3O4. The molecule has 2 aromatic rings. The number of benzene rings is 2. The highest BCUT2D eigenvalue weighted by molar-refractivity contribution is 6.05. The second-order valence-corrected chi connectivity index (χ2v) is 6.65. The molecule has 1 saturated carbocycles. The molecule has 1 aliphatic carbocycles. The van der Waals surface area contributed by atoms with Crippen molar-refractivity contribution < 1.29 is 14.5 Å². The van der Waals surface area contributed by atoms with Gasteiger partial charge in [0.15, 0.2) is 0 Å². The van der Waals surface area contributed by atoms with Gasteiger partial charge in [-0.15, -0.1) is 0 Å². The zero-order valence-corrected chi connectivity index (χ0v) is 15.2. The third-order valence-electron chi connectivity index (χ3n) is 4.77. The Morgan fingerprint density at radius 2 is 1.81 bits per heavy atom. The van der Waals surface area contributed by atoms with E-state index >= 15 is 0 Å². The minimum atomic E-state index is -0.449. The maximum absolute atomic E-state index is 12.5. The SMILES string of the molecule is COc1ccc(NC(=O)c2ccc(NC3CCCCC3)c([N+](=O)[O-])c2)cc1. The summed E-state index contributed by atoms with van der Waals surface area (Å²) in [4.78, 5) is 23.5. The second-order valence-electron chi connectivity index (χ2n) is 6.65. The van der Waals surface area contributed by atoms with E-state index in [2.05, 4.69) is 10.6 Å². The maximum atomic E-state index is 12.5. The fraction of sp³-hybridized carbons (Fsp3) is 0.350. The average molecular weight is 369 g/mol. The molecule has 0 radical (unpaired) electrons. The van der Waals surface area contributed by atoms with Gasteiger partial charge in [0, 0.05) is 23.4 Å². The molecule has 0 bridgehead atoms. The summed E-state index contributed by atoms with van der Waals surface area (Å²) in [5.41, 5.74) is 1.22. The van der Waals surface area contributed by atoms with E-state index in [9.17, 15) is 14.9 Å². The van der Waals surface area contributed by atoms with Crippen molar-refractivity contribution in [3.05, 3.63) is 58.1 Å². The minimum Gasteiger partial charge on any atom is -0.497 e. The van der Waals surface area contributed by atoms with Gasteiger partial charge in [-0.25, -0.2) is 0 Å². The van der Waals surface area contributed by atoms with Crippen LogP contribution < -0.4 is 15.4 Å². The lowest BCUT2D eigenvalue weighted by Gasteiger charge is -2.23. The number of amides is 1. The Bertz CT molecular complexity index is 814. The molecule has 142 valence electrons. The molecule has 7 heteroatoms. The highest BCUT2D eigenvalue weighted by Gasteiger charge is 2.21. The van der Waals surface area contributed by atoms with Crippen LogP contribution in [0.5, 0.6) is 5.75 Å². The van der Waals surface area contributed by atoms with Gasteiger partial charge in [0.25, 0.3) is 11.6 Å². The van der Waals surface area contributed by atoms with Crippen molar-refractivity contribution in [3.8, 4) is 5.75 Å². The van der Waals surface area contributed by atoms with E-state index in [1.165, 1.54) is 12.5 Å². The lowest BCUT2D eigenvalue weighted by Crippen LogP contribution is -2.23. The summed E-state index contributed by atoms with van der Waals surface area (Å²) in [6, 6.07) is 11.7. The van der Waals surface area contributed by atoms with E-state index in [0.717, 1.165) is 25.7 Å². The molecule has 7 nitrogen and oxygen atoms in total. The van der Waals surface area contributed by atoms with Crippen molar-refractivity contribution in [3.63, 3.8) is 0 Å². The van der Waals surface area contributed by atoms with Gasteiger partial charge in [-0.1, -0.05) is 19.3 Å². The molecule has 0 spiro atoms. The molecule has 0 atom stereocenters. The molecule has 1 aliphatic rings. The summed E-state index contributed by atoms with van der Waals surface area (Å²) >= 11 is 0. The Kier molecular flexibility index (Phi) is 5.90. The quantitative estimate of drug-likeness (QED) is 0.573. The Hall–Kier alpha value is -3.09. The second kappa shape index (κ2) is 8.53. The van der Waals surface area contributed by atoms with Gasteiger partial charge in [0.05, 0.1) is 12.0 Å². The topological polar surface area (TPSA) is 93.5 Å². The van der Waals surface area contributed by atoms with Crippen LogP contribution in [0.1, 0.15) is 42.5 Å². The van der Waals surface area contributed by atoms with Gasteiger partial charge in [-0.05, 0) is 49.2 Å². The number of nitro benzene ring substituents is 1. The molecule has 0 unspecified atom stereocenters. The zero-order valence-electron chi connectivity index (χ0n) is 15.2. The van der Waals surface area contributed by atoms with Crippen LogP contribution in [0.4, 0.5) is 17.1 Å². The number of carbonyl (C=O) groups is 1. The van der Waals surface area contributed by atoms with Gasteiger partial charge in [0.1, 0.15) is 11.4 Å². The fourth-order valence-electron chi connectivity index (χ4n) is 3.29. The summed E-state index contributed by atoms with van der Waals surface area (Å²) in [7, 11) is 1.57. The molecule has 0 heterocycles. The standard InChI is InChI=1S/C20H23N3O4/c1-27-17-10-8-16(9-11-17)22-20(24)14-7-12-18(19(13-14)23(25)26)21-15-5-3-2-4-6-15/h7-13,15,21H,2-6H2,1H3,(H,22,24). The van der Waals surface area contributed by atoms with Crippen LogP contribution in [0.2, 0.25) is 0 Å². The Morgan fingerprint density at radius 3 is 2.44 bits per heavy atom. The van der Waals surface area contributed by atoms with Crippen molar-refractivity contribution in [1.29, 1.82) is 0 Å². The molecule has 0 saturated heterocycles. The summed E-state index contributed by atoms with van der Waals surface area (Å²) in [6.45, 7) is 0. The number of nitrogens with one attached hydrogen (secondary N) is 2. The molecule has 1 amide bonds. The fourth-order valence-corrected chi connectivity index (χ4v) is 3.29. The number of nitrogens with zero attached hydrogens (tertiary/aromatic N) is 1. The van der Waals surface area contributed by atoms with E-state index in [-0.39, 0.29) is 17.3 Å². The summed E-state index contributed by atoms with van der Waals surface area (Å²) in [5.74, 6) is 0.286. The molecule has 3 rings (SSSR count). The number of nitro groups is 1. The number of rotatable bonds is 6. The maximum Gasteiger partial charge on any atom is 0.293 e. The van der Waals surface area contributed by atoms with Crippen LogP contribution in [0.25, 0.3) is 0 Å². The third kappa shape index (κ3) is 4.75. The molecule has 2 N–H and O–H groups in total. The summed E-state index contributed by atoms with van der Waals surface area (Å²) in [6.07, 6.45) is 5.50. The average Bonchev–Trinajstić information content (AvgIpc) is 2.69. The van der Waals surface area contributed by atoms with E-state index in [1.54, 1.807) is 43.5 Å². The molecule has 0 aliphatic heterocycles. The van der Waals surface area contributed by atoms with E-state index in [4.69, 9.17) is 4.74 Å². The predicted octanol–water partition coefficient (Wildman–Crippen LogP) is 4.60. The predicted molar refractivity (Wildman–Crippen MR) is 105 cm³/mol. The van der Waals surface area contributed by atoms with Crippen LogP contribution in [0.3, 0.4) is 0 Å². The third-order valence-corrected chi connectivity index (χ3v) is 4.77. The lowest BCUT2D eigenvalue weighted by atomic mass is 9.95. The Labute approximate surface area is 157 Å². The van der Waals surface area contributed by atoms with E-state index < -0.39 is 10.8 Å². The van der Waals surface area contributed by atoms with Crippen LogP contribution in [0, 0.1) is 10.1 Å². The largest absolute Gasteiger partial charge is 0.497 e. The summed E-state index contributed by atoms with van der Waals surface area (Å²) in [5, 5.41) is 17.5. The van der Waals surface area contributed by atoms with Gasteiger partial charge in [0.2, 0.25) is 0 Å². The van der Waals surface area contributed by atoms with Gasteiger partial charge in [-0.2, -0.15) is 0 Å². The monoisotopic (exact) mass is 369 g/mol. The highest BCUT2D eigenvalue weighted by atomic mass is 16.6. The Balaban J connectivity index is 1.75. The van der Waals surface area contributed by atoms with Gasteiger partial charge in [-0.3, -0.25) is 14.9 Å². The van der Waals surface area contributed by atoms with Crippen LogP contribution >= 0.6 is 0 Å². The molecular weight excluding hydrogens is 346 g/mol. The van der Waals surface area contributed by atoms with Crippen molar-refractivity contribution in [1.82, 2.24) is 0 Å². The highest BCUT2D eigenvalue weighted by Crippen LogP contribution is 2.29. The minimum absolute atomic E-state index is 0.0806. The first kappa shape index (κ1) is 18.7. The normalized spacial score (nSPS) is 14.4. The molecule has 1 fully saturated rings. The first-order chi connectivity index (χ1) is 13.1. The molecule has 27 heavy (non-hydrogen) atoms. The Morgan fingerprint density at radius 1 is 1.11 bits per heavy atom. The molecule has 0 aromatic heterocycles. The van der Waals surface area contributed by atoms with Crippen LogP contribution in [-0.4, -0.2) is 24.0 Å². The van der Waals surface area contributed by atoms with Crippen LogP contribution in [0.15, 0.2) is 42.5 Å². The van der Waals surface area contributed by atoms with Crippen molar-refractivity contribution in [2.75, 3.05) is 17.7 Å². The van der Waals surface area contributed by atoms with Gasteiger partial charge < -0.3 is 15.4 Å². The number of ether oxygens (including phenoxy) is 1. The number of carbonyl (C=O) groups excluding carboxylic acids is 1. The zero-order chi connectivity index (χ0) is 19.2. The van der Waals surface area contributed by atoms with Gasteiger partial charge >= 0.3 is 0 Å². The van der Waals surface area contributed by atoms with E-state index in [1.807, 2.05) is 0 Å². The summed E-state index contributed by atoms with van der Waals surface area (Å²) < 4.78 is 5.08.